The van der Waals surface area contributed by atoms with Crippen LogP contribution in [0, 0.1) is 18.6 Å². The summed E-state index contributed by atoms with van der Waals surface area (Å²) in [6.45, 7) is 2.03. The molecule has 0 saturated carbocycles. The van der Waals surface area contributed by atoms with Gasteiger partial charge >= 0.3 is 0 Å². The van der Waals surface area contributed by atoms with Crippen molar-refractivity contribution in [3.63, 3.8) is 0 Å². The third-order valence-electron chi connectivity index (χ3n) is 3.85. The number of aryl methyl sites for hydroxylation is 1. The first kappa shape index (κ1) is 19.6. The van der Waals surface area contributed by atoms with Gasteiger partial charge in [0.2, 0.25) is 5.91 Å². The molecule has 0 bridgehead atoms. The van der Waals surface area contributed by atoms with Crippen LogP contribution < -0.4 is 10.1 Å². The lowest BCUT2D eigenvalue weighted by molar-refractivity contribution is -0.121. The van der Waals surface area contributed by atoms with Crippen LogP contribution in [0.5, 0.6) is 0 Å². The maximum Gasteiger partial charge on any atom is 0.282 e. The van der Waals surface area contributed by atoms with Crippen LogP contribution in [0.4, 0.5) is 8.78 Å². The molecule has 28 heavy (non-hydrogen) atoms. The van der Waals surface area contributed by atoms with Gasteiger partial charge in [-0.1, -0.05) is 24.3 Å². The van der Waals surface area contributed by atoms with E-state index in [0.717, 1.165) is 10.4 Å². The summed E-state index contributed by atoms with van der Waals surface area (Å²) in [4.78, 5) is 29.6. The van der Waals surface area contributed by atoms with Gasteiger partial charge in [0.15, 0.2) is 4.80 Å². The van der Waals surface area contributed by atoms with E-state index in [9.17, 15) is 18.4 Å². The average molecular weight is 401 g/mol. The topological polar surface area (TPSA) is 63.5 Å². The number of hydrogen-bond acceptors (Lipinski definition) is 3. The summed E-state index contributed by atoms with van der Waals surface area (Å²) in [6.07, 6.45) is 1.70. The van der Waals surface area contributed by atoms with Crippen LogP contribution in [0.25, 0.3) is 0 Å². The third-order valence-corrected chi connectivity index (χ3v) is 4.79. The standard InChI is InChI=1S/C20H17F2N3O2S/c1-13-11-25(12-18(26)23-10-14-6-8-15(21)9-7-14)20(28-13)24-19(27)16-4-2-3-5-17(16)22/h2-9,11H,10,12H2,1H3,(H,23,26). The first-order valence-electron chi connectivity index (χ1n) is 8.44. The lowest BCUT2D eigenvalue weighted by atomic mass is 10.2. The van der Waals surface area contributed by atoms with E-state index in [0.29, 0.717) is 4.80 Å². The maximum absolute atomic E-state index is 13.8. The summed E-state index contributed by atoms with van der Waals surface area (Å²) < 4.78 is 28.2. The van der Waals surface area contributed by atoms with E-state index in [4.69, 9.17) is 0 Å². The summed E-state index contributed by atoms with van der Waals surface area (Å²) in [7, 11) is 0. The average Bonchev–Trinajstić information content (AvgIpc) is 3.00. The zero-order chi connectivity index (χ0) is 20.1. The Bertz CT molecular complexity index is 1070. The number of hydrogen-bond donors (Lipinski definition) is 1. The zero-order valence-electron chi connectivity index (χ0n) is 15.0. The first-order valence-corrected chi connectivity index (χ1v) is 9.25. The summed E-state index contributed by atoms with van der Waals surface area (Å²) in [5.74, 6) is -1.99. The number of thiazole rings is 1. The van der Waals surface area contributed by atoms with E-state index < -0.39 is 11.7 Å². The molecular weight excluding hydrogens is 384 g/mol. The smallest absolute Gasteiger partial charge is 0.282 e. The molecule has 3 aromatic rings. The van der Waals surface area contributed by atoms with Crippen LogP contribution in [0.15, 0.2) is 59.7 Å². The minimum absolute atomic E-state index is 0.0467. The molecule has 5 nitrogen and oxygen atoms in total. The lowest BCUT2D eigenvalue weighted by Gasteiger charge is -2.06. The first-order chi connectivity index (χ1) is 13.4. The Morgan fingerprint density at radius 3 is 2.54 bits per heavy atom. The van der Waals surface area contributed by atoms with E-state index in [2.05, 4.69) is 10.3 Å². The third kappa shape index (κ3) is 4.98. The number of nitrogens with zero attached hydrogens (tertiary/aromatic N) is 2. The summed E-state index contributed by atoms with van der Waals surface area (Å²) in [6, 6.07) is 11.4. The molecule has 0 aliphatic heterocycles. The van der Waals surface area contributed by atoms with Gasteiger partial charge in [0.1, 0.15) is 18.2 Å². The highest BCUT2D eigenvalue weighted by Gasteiger charge is 2.12. The van der Waals surface area contributed by atoms with Crippen LogP contribution in [0.3, 0.4) is 0 Å². The van der Waals surface area contributed by atoms with Crippen LogP contribution in [0.1, 0.15) is 20.8 Å². The van der Waals surface area contributed by atoms with Gasteiger partial charge in [0.05, 0.1) is 5.56 Å². The summed E-state index contributed by atoms with van der Waals surface area (Å²) >= 11 is 1.23. The monoisotopic (exact) mass is 401 g/mol. The molecule has 0 saturated heterocycles. The molecular formula is C20H17F2N3O2S. The number of rotatable bonds is 5. The minimum Gasteiger partial charge on any atom is -0.350 e. The molecule has 1 aromatic heterocycles. The lowest BCUT2D eigenvalue weighted by Crippen LogP contribution is -2.30. The van der Waals surface area contributed by atoms with Crippen molar-refractivity contribution in [2.24, 2.45) is 4.99 Å². The van der Waals surface area contributed by atoms with E-state index in [1.54, 1.807) is 29.0 Å². The number of halogens is 2. The molecule has 144 valence electrons. The van der Waals surface area contributed by atoms with Gasteiger partial charge in [-0.05, 0) is 36.8 Å². The number of benzene rings is 2. The van der Waals surface area contributed by atoms with Crippen molar-refractivity contribution in [1.82, 2.24) is 9.88 Å². The van der Waals surface area contributed by atoms with Crippen molar-refractivity contribution < 1.29 is 18.4 Å². The molecule has 1 heterocycles. The van der Waals surface area contributed by atoms with Crippen LogP contribution in [-0.2, 0) is 17.9 Å². The zero-order valence-corrected chi connectivity index (χ0v) is 15.8. The van der Waals surface area contributed by atoms with Crippen molar-refractivity contribution >= 4 is 23.2 Å². The summed E-state index contributed by atoms with van der Waals surface area (Å²) in [5.41, 5.74) is 0.641. The molecule has 2 aromatic carbocycles. The number of carbonyl (C=O) groups is 2. The highest BCUT2D eigenvalue weighted by molar-refractivity contribution is 7.09. The SMILES string of the molecule is Cc1cn(CC(=O)NCc2ccc(F)cc2)c(=NC(=O)c2ccccc2F)s1. The molecule has 0 atom stereocenters. The van der Waals surface area contributed by atoms with Gasteiger partial charge in [-0.2, -0.15) is 4.99 Å². The van der Waals surface area contributed by atoms with E-state index in [1.165, 1.54) is 41.7 Å². The number of nitrogens with one attached hydrogen (secondary N) is 1. The second-order valence-electron chi connectivity index (χ2n) is 6.05. The Balaban J connectivity index is 1.73. The molecule has 0 spiro atoms. The van der Waals surface area contributed by atoms with Gasteiger partial charge in [-0.3, -0.25) is 9.59 Å². The highest BCUT2D eigenvalue weighted by Crippen LogP contribution is 2.08. The Hall–Kier alpha value is -3.13. The fourth-order valence-electron chi connectivity index (χ4n) is 2.50. The van der Waals surface area contributed by atoms with Crippen molar-refractivity contribution in [1.29, 1.82) is 0 Å². The predicted octanol–water partition coefficient (Wildman–Crippen LogP) is 3.19. The molecule has 3 rings (SSSR count). The van der Waals surface area contributed by atoms with Crippen molar-refractivity contribution in [3.8, 4) is 0 Å². The van der Waals surface area contributed by atoms with Crippen molar-refractivity contribution in [3.05, 3.63) is 87.2 Å². The van der Waals surface area contributed by atoms with E-state index in [1.807, 2.05) is 6.92 Å². The Morgan fingerprint density at radius 2 is 1.82 bits per heavy atom. The van der Waals surface area contributed by atoms with Gasteiger partial charge < -0.3 is 9.88 Å². The Labute approximate surface area is 164 Å². The second-order valence-corrected chi connectivity index (χ2v) is 7.27. The highest BCUT2D eigenvalue weighted by atomic mass is 32.1. The Kier molecular flexibility index (Phi) is 6.10. The largest absolute Gasteiger partial charge is 0.350 e. The predicted molar refractivity (Wildman–Crippen MR) is 102 cm³/mol. The molecule has 0 unspecified atom stereocenters. The van der Waals surface area contributed by atoms with E-state index >= 15 is 0 Å². The molecule has 8 heteroatoms. The minimum atomic E-state index is -0.708. The van der Waals surface area contributed by atoms with Gasteiger partial charge in [0.25, 0.3) is 5.91 Å². The molecule has 0 fully saturated rings. The van der Waals surface area contributed by atoms with Crippen LogP contribution in [0.2, 0.25) is 0 Å². The molecule has 0 aliphatic carbocycles. The molecule has 0 aliphatic rings. The number of amides is 2. The van der Waals surface area contributed by atoms with Crippen LogP contribution >= 0.6 is 11.3 Å². The fourth-order valence-corrected chi connectivity index (χ4v) is 3.33. The quantitative estimate of drug-likeness (QED) is 0.714. The van der Waals surface area contributed by atoms with Gasteiger partial charge in [0, 0.05) is 17.6 Å². The van der Waals surface area contributed by atoms with Gasteiger partial charge in [-0.15, -0.1) is 11.3 Å². The van der Waals surface area contributed by atoms with Crippen molar-refractivity contribution in [2.75, 3.05) is 0 Å². The van der Waals surface area contributed by atoms with Crippen molar-refractivity contribution in [2.45, 2.75) is 20.0 Å². The van der Waals surface area contributed by atoms with Crippen LogP contribution in [-0.4, -0.2) is 16.4 Å². The number of carbonyl (C=O) groups excluding carboxylic acids is 2. The molecule has 0 radical (unpaired) electrons. The van der Waals surface area contributed by atoms with Gasteiger partial charge in [-0.25, -0.2) is 8.78 Å². The fraction of sp³-hybridized carbons (Fsp3) is 0.150. The Morgan fingerprint density at radius 1 is 1.11 bits per heavy atom. The second kappa shape index (κ2) is 8.71. The number of aromatic nitrogens is 1. The van der Waals surface area contributed by atoms with E-state index in [-0.39, 0.29) is 30.4 Å². The summed E-state index contributed by atoms with van der Waals surface area (Å²) in [5, 5.41) is 2.73. The molecule has 2 amide bonds. The molecule has 1 N–H and O–H groups in total. The maximum atomic E-state index is 13.8. The normalized spacial score (nSPS) is 11.5.